The largest absolute Gasteiger partial charge is 0.506 e. The topological polar surface area (TPSA) is 119 Å². The number of aromatic nitrogens is 2. The molecule has 0 radical (unpaired) electrons. The highest BCUT2D eigenvalue weighted by atomic mass is 32.2. The van der Waals surface area contributed by atoms with Crippen LogP contribution in [0.4, 0.5) is 4.39 Å². The molecule has 0 aliphatic carbocycles. The minimum atomic E-state index is -4.48. The van der Waals surface area contributed by atoms with Crippen LogP contribution in [0.5, 0.6) is 17.2 Å². The van der Waals surface area contributed by atoms with Gasteiger partial charge in [-0.15, -0.1) is 0 Å². The summed E-state index contributed by atoms with van der Waals surface area (Å²) in [5.41, 5.74) is 0.856. The number of methoxy groups -OCH3 is 2. The molecule has 8 nitrogen and oxygen atoms in total. The van der Waals surface area contributed by atoms with Crippen molar-refractivity contribution >= 4 is 9.84 Å². The number of benzene rings is 2. The normalized spacial score (nSPS) is 11.4. The van der Waals surface area contributed by atoms with E-state index >= 15 is 0 Å². The Bertz CT molecular complexity index is 1610. The van der Waals surface area contributed by atoms with Crippen LogP contribution in [-0.4, -0.2) is 37.7 Å². The van der Waals surface area contributed by atoms with Gasteiger partial charge in [0.2, 0.25) is 9.84 Å². The van der Waals surface area contributed by atoms with E-state index in [1.807, 2.05) is 6.92 Å². The van der Waals surface area contributed by atoms with Gasteiger partial charge in [-0.2, -0.15) is 0 Å². The lowest BCUT2D eigenvalue weighted by Crippen LogP contribution is -2.21. The van der Waals surface area contributed by atoms with Crippen LogP contribution in [0.25, 0.3) is 22.3 Å². The van der Waals surface area contributed by atoms with Crippen molar-refractivity contribution in [1.29, 1.82) is 0 Å². The van der Waals surface area contributed by atoms with Crippen molar-refractivity contribution in [2.75, 3.05) is 14.2 Å². The molecule has 0 aliphatic heterocycles. The maximum Gasteiger partial charge on any atom is 0.271 e. The van der Waals surface area contributed by atoms with E-state index in [-0.39, 0.29) is 10.5 Å². The predicted molar refractivity (Wildman–Crippen MR) is 141 cm³/mol. The first kappa shape index (κ1) is 26.9. The Kier molecular flexibility index (Phi) is 7.82. The summed E-state index contributed by atoms with van der Waals surface area (Å²) in [5, 5.41) is 11.4. The fourth-order valence-corrected chi connectivity index (χ4v) is 5.67. The van der Waals surface area contributed by atoms with Crippen LogP contribution in [-0.2, 0) is 16.3 Å². The van der Waals surface area contributed by atoms with Crippen LogP contribution in [0.3, 0.4) is 0 Å². The highest BCUT2D eigenvalue weighted by molar-refractivity contribution is 7.91. The van der Waals surface area contributed by atoms with Crippen molar-refractivity contribution in [1.82, 2.24) is 9.97 Å². The number of ether oxygens (including phenoxy) is 2. The van der Waals surface area contributed by atoms with Gasteiger partial charge in [-0.25, -0.2) is 12.8 Å². The van der Waals surface area contributed by atoms with Gasteiger partial charge >= 0.3 is 0 Å². The van der Waals surface area contributed by atoms with Crippen molar-refractivity contribution in [3.8, 4) is 39.5 Å². The number of H-pyrrole nitrogens is 1. The van der Waals surface area contributed by atoms with Crippen LogP contribution in [0, 0.1) is 5.82 Å². The van der Waals surface area contributed by atoms with Gasteiger partial charge in [-0.1, -0.05) is 31.5 Å². The molecule has 0 amide bonds. The lowest BCUT2D eigenvalue weighted by Gasteiger charge is -2.19. The second-order valence-electron chi connectivity index (χ2n) is 8.55. The first-order valence-corrected chi connectivity index (χ1v) is 13.4. The molecule has 0 unspecified atom stereocenters. The fourth-order valence-electron chi connectivity index (χ4n) is 4.29. The molecule has 4 rings (SSSR count). The van der Waals surface area contributed by atoms with E-state index in [1.54, 1.807) is 18.2 Å². The number of nitrogens with one attached hydrogen (secondary N) is 1. The summed E-state index contributed by atoms with van der Waals surface area (Å²) in [4.78, 5) is 18.6. The summed E-state index contributed by atoms with van der Waals surface area (Å²) < 4.78 is 51.9. The molecule has 0 aliphatic rings. The van der Waals surface area contributed by atoms with E-state index in [9.17, 15) is 22.7 Å². The number of aromatic amines is 1. The van der Waals surface area contributed by atoms with Crippen molar-refractivity contribution in [3.05, 3.63) is 82.8 Å². The lowest BCUT2D eigenvalue weighted by molar-refractivity contribution is 0.395. The van der Waals surface area contributed by atoms with E-state index < -0.39 is 31.9 Å². The third kappa shape index (κ3) is 4.99. The molecule has 4 aromatic rings. The van der Waals surface area contributed by atoms with E-state index in [2.05, 4.69) is 9.97 Å². The standard InChI is InChI=1S/C28H27FN2O6S/c1-4-5-7-21-24(25-22(36-2)8-6-9-23(25)37-3)26(32)27(28(33)31-21)38(34,35)20-12-10-17(11-13-20)18-14-19(29)16-30-15-18/h6,8-16H,4-5,7H2,1-3H3,(H2,31,32,33). The highest BCUT2D eigenvalue weighted by Gasteiger charge is 2.31. The van der Waals surface area contributed by atoms with Crippen molar-refractivity contribution < 1.29 is 27.4 Å². The van der Waals surface area contributed by atoms with Gasteiger partial charge in [0, 0.05) is 17.5 Å². The average Bonchev–Trinajstić information content (AvgIpc) is 2.91. The Morgan fingerprint density at radius 1 is 0.974 bits per heavy atom. The summed E-state index contributed by atoms with van der Waals surface area (Å²) in [7, 11) is -1.59. The number of aryl methyl sites for hydroxylation is 1. The Morgan fingerprint density at radius 3 is 2.21 bits per heavy atom. The summed E-state index contributed by atoms with van der Waals surface area (Å²) >= 11 is 0. The molecule has 0 atom stereocenters. The number of sulfone groups is 1. The van der Waals surface area contributed by atoms with Gasteiger partial charge in [0.1, 0.15) is 23.1 Å². The Morgan fingerprint density at radius 2 is 1.63 bits per heavy atom. The molecule has 0 saturated carbocycles. The molecular formula is C28H27FN2O6S. The number of pyridine rings is 2. The zero-order chi connectivity index (χ0) is 27.4. The van der Waals surface area contributed by atoms with Crippen LogP contribution >= 0.6 is 0 Å². The van der Waals surface area contributed by atoms with E-state index in [0.717, 1.165) is 12.6 Å². The molecule has 0 fully saturated rings. The molecule has 198 valence electrons. The number of aromatic hydroxyl groups is 1. The molecule has 0 saturated heterocycles. The highest BCUT2D eigenvalue weighted by Crippen LogP contribution is 2.46. The number of halogens is 1. The van der Waals surface area contributed by atoms with Gasteiger partial charge in [-0.05, 0) is 48.7 Å². The van der Waals surface area contributed by atoms with Crippen LogP contribution in [0.15, 0.2) is 75.5 Å². The molecule has 10 heteroatoms. The van der Waals surface area contributed by atoms with Crippen LogP contribution < -0.4 is 15.0 Å². The van der Waals surface area contributed by atoms with E-state index in [4.69, 9.17) is 9.47 Å². The first-order valence-electron chi connectivity index (χ1n) is 11.9. The predicted octanol–water partition coefficient (Wildman–Crippen LogP) is 5.14. The van der Waals surface area contributed by atoms with Gasteiger partial charge < -0.3 is 19.6 Å². The van der Waals surface area contributed by atoms with E-state index in [0.29, 0.717) is 46.7 Å². The Balaban J connectivity index is 1.92. The summed E-state index contributed by atoms with van der Waals surface area (Å²) in [6.45, 7) is 1.98. The molecule has 2 aromatic heterocycles. The smallest absolute Gasteiger partial charge is 0.271 e. The second-order valence-corrected chi connectivity index (χ2v) is 10.4. The maximum atomic E-state index is 13.7. The molecule has 0 spiro atoms. The molecule has 38 heavy (non-hydrogen) atoms. The number of hydrogen-bond acceptors (Lipinski definition) is 7. The summed E-state index contributed by atoms with van der Waals surface area (Å²) in [5.74, 6) is -0.555. The minimum absolute atomic E-state index is 0.119. The average molecular weight is 539 g/mol. The second kappa shape index (κ2) is 11.1. The molecule has 2 heterocycles. The molecule has 2 aromatic carbocycles. The third-order valence-corrected chi connectivity index (χ3v) is 7.96. The number of hydrogen-bond donors (Lipinski definition) is 2. The zero-order valence-electron chi connectivity index (χ0n) is 21.1. The van der Waals surface area contributed by atoms with Gasteiger partial charge in [0.05, 0.1) is 36.4 Å². The van der Waals surface area contributed by atoms with E-state index in [1.165, 1.54) is 50.7 Å². The number of rotatable bonds is 9. The van der Waals surface area contributed by atoms with Gasteiger partial charge in [0.25, 0.3) is 5.56 Å². The minimum Gasteiger partial charge on any atom is -0.506 e. The SMILES string of the molecule is CCCCc1[nH]c(=O)c(S(=O)(=O)c2ccc(-c3cncc(F)c3)cc2)c(O)c1-c1c(OC)cccc1OC. The van der Waals surface area contributed by atoms with Gasteiger partial charge in [0.15, 0.2) is 4.90 Å². The molecule has 0 bridgehead atoms. The Labute approximate surface area is 219 Å². The van der Waals surface area contributed by atoms with Gasteiger partial charge in [-0.3, -0.25) is 9.78 Å². The number of unbranched alkanes of at least 4 members (excludes halogenated alkanes) is 1. The van der Waals surface area contributed by atoms with Crippen molar-refractivity contribution in [3.63, 3.8) is 0 Å². The monoisotopic (exact) mass is 538 g/mol. The van der Waals surface area contributed by atoms with Crippen LogP contribution in [0.1, 0.15) is 25.5 Å². The first-order chi connectivity index (χ1) is 18.2. The Hall–Kier alpha value is -4.18. The zero-order valence-corrected chi connectivity index (χ0v) is 21.9. The van der Waals surface area contributed by atoms with Crippen molar-refractivity contribution in [2.24, 2.45) is 0 Å². The fraction of sp³-hybridized carbons (Fsp3) is 0.214. The molecule has 2 N–H and O–H groups in total. The number of nitrogens with zero attached hydrogens (tertiary/aromatic N) is 1. The maximum absolute atomic E-state index is 13.7. The third-order valence-electron chi connectivity index (χ3n) is 6.15. The lowest BCUT2D eigenvalue weighted by atomic mass is 9.98. The summed E-state index contributed by atoms with van der Waals surface area (Å²) in [6.07, 6.45) is 4.38. The molecular weight excluding hydrogens is 511 g/mol. The van der Waals surface area contributed by atoms with Crippen LogP contribution in [0.2, 0.25) is 0 Å². The quantitative estimate of drug-likeness (QED) is 0.303. The van der Waals surface area contributed by atoms with Crippen molar-refractivity contribution in [2.45, 2.75) is 36.0 Å². The summed E-state index contributed by atoms with van der Waals surface area (Å²) in [6, 6.07) is 11.8.